The first-order chi connectivity index (χ1) is 6.52. The molecule has 0 saturated heterocycles. The van der Waals surface area contributed by atoms with Crippen LogP contribution in [0.4, 0.5) is 8.78 Å². The van der Waals surface area contributed by atoms with Gasteiger partial charge in [0.25, 0.3) is 0 Å². The normalized spacial score (nSPS) is 13.3. The number of likely N-dealkylation sites (N-methyl/N-ethyl adjacent to an activating group) is 1. The number of benzene rings is 1. The van der Waals surface area contributed by atoms with Gasteiger partial charge in [0.05, 0.1) is 0 Å². The smallest absolute Gasteiger partial charge is 0.130 e. The molecule has 0 fully saturated rings. The summed E-state index contributed by atoms with van der Waals surface area (Å²) in [6.07, 6.45) is 0. The van der Waals surface area contributed by atoms with Crippen LogP contribution in [0.1, 0.15) is 11.6 Å². The first-order valence-electron chi connectivity index (χ1n) is 4.36. The van der Waals surface area contributed by atoms with Crippen LogP contribution in [0.2, 0.25) is 0 Å². The lowest BCUT2D eigenvalue weighted by Crippen LogP contribution is -2.27. The van der Waals surface area contributed by atoms with Crippen LogP contribution >= 0.6 is 0 Å². The van der Waals surface area contributed by atoms with Crippen LogP contribution < -0.4 is 5.73 Å². The SMILES string of the molecule is CN(C)C[C@@H](N)c1c(F)cccc1F. The summed E-state index contributed by atoms with van der Waals surface area (Å²) in [4.78, 5) is 1.79. The van der Waals surface area contributed by atoms with Crippen molar-refractivity contribution >= 4 is 0 Å². The molecule has 2 N–H and O–H groups in total. The van der Waals surface area contributed by atoms with E-state index < -0.39 is 17.7 Å². The minimum Gasteiger partial charge on any atom is -0.323 e. The molecule has 0 heterocycles. The van der Waals surface area contributed by atoms with E-state index in [0.717, 1.165) is 0 Å². The van der Waals surface area contributed by atoms with Gasteiger partial charge >= 0.3 is 0 Å². The first kappa shape index (κ1) is 11.1. The molecule has 0 unspecified atom stereocenters. The Morgan fingerprint density at radius 1 is 1.29 bits per heavy atom. The quantitative estimate of drug-likeness (QED) is 0.801. The fraction of sp³-hybridized carbons (Fsp3) is 0.400. The molecule has 0 aliphatic rings. The summed E-state index contributed by atoms with van der Waals surface area (Å²) in [7, 11) is 3.61. The van der Waals surface area contributed by atoms with Gasteiger partial charge in [-0.2, -0.15) is 0 Å². The summed E-state index contributed by atoms with van der Waals surface area (Å²) in [5, 5.41) is 0. The number of rotatable bonds is 3. The molecule has 1 atom stereocenters. The van der Waals surface area contributed by atoms with Crippen molar-refractivity contribution in [3.05, 3.63) is 35.4 Å². The third-order valence-electron chi connectivity index (χ3n) is 1.93. The predicted octanol–water partition coefficient (Wildman–Crippen LogP) is 1.53. The highest BCUT2D eigenvalue weighted by Crippen LogP contribution is 2.18. The molecule has 1 aromatic carbocycles. The lowest BCUT2D eigenvalue weighted by molar-refractivity contribution is 0.365. The van der Waals surface area contributed by atoms with Crippen molar-refractivity contribution in [1.82, 2.24) is 4.90 Å². The van der Waals surface area contributed by atoms with Gasteiger partial charge in [0.15, 0.2) is 0 Å². The van der Waals surface area contributed by atoms with Crippen LogP contribution in [-0.4, -0.2) is 25.5 Å². The highest BCUT2D eigenvalue weighted by molar-refractivity contribution is 5.23. The molecule has 0 aliphatic carbocycles. The third-order valence-corrected chi connectivity index (χ3v) is 1.93. The van der Waals surface area contributed by atoms with Crippen LogP contribution in [0.5, 0.6) is 0 Å². The summed E-state index contributed by atoms with van der Waals surface area (Å²) < 4.78 is 26.4. The third kappa shape index (κ3) is 2.49. The summed E-state index contributed by atoms with van der Waals surface area (Å²) in [5.74, 6) is -1.17. The molecule has 0 bridgehead atoms. The zero-order valence-corrected chi connectivity index (χ0v) is 8.30. The maximum absolute atomic E-state index is 13.2. The minimum atomic E-state index is -0.633. The molecule has 2 nitrogen and oxygen atoms in total. The van der Waals surface area contributed by atoms with E-state index in [1.165, 1.54) is 18.2 Å². The van der Waals surface area contributed by atoms with E-state index in [9.17, 15) is 8.78 Å². The Morgan fingerprint density at radius 3 is 2.21 bits per heavy atom. The molecule has 1 aromatic rings. The summed E-state index contributed by atoms with van der Waals surface area (Å²) in [6, 6.07) is 3.13. The fourth-order valence-corrected chi connectivity index (χ4v) is 1.35. The van der Waals surface area contributed by atoms with Crippen LogP contribution in [0.15, 0.2) is 18.2 Å². The number of nitrogens with zero attached hydrogens (tertiary/aromatic N) is 1. The Morgan fingerprint density at radius 2 is 1.79 bits per heavy atom. The number of nitrogens with two attached hydrogens (primary N) is 1. The van der Waals surface area contributed by atoms with Gasteiger partial charge in [-0.15, -0.1) is 0 Å². The Hall–Kier alpha value is -1.00. The van der Waals surface area contributed by atoms with Crippen molar-refractivity contribution in [1.29, 1.82) is 0 Å². The van der Waals surface area contributed by atoms with Crippen molar-refractivity contribution in [2.45, 2.75) is 6.04 Å². The van der Waals surface area contributed by atoms with Gasteiger partial charge < -0.3 is 10.6 Å². The molecule has 78 valence electrons. The van der Waals surface area contributed by atoms with E-state index in [1.807, 2.05) is 0 Å². The van der Waals surface area contributed by atoms with E-state index in [0.29, 0.717) is 6.54 Å². The zero-order valence-electron chi connectivity index (χ0n) is 8.30. The van der Waals surface area contributed by atoms with Crippen LogP contribution in [0.3, 0.4) is 0 Å². The molecule has 0 spiro atoms. The predicted molar refractivity (Wildman–Crippen MR) is 51.8 cm³/mol. The van der Waals surface area contributed by atoms with Gasteiger partial charge in [-0.3, -0.25) is 0 Å². The topological polar surface area (TPSA) is 29.3 Å². The highest BCUT2D eigenvalue weighted by Gasteiger charge is 2.16. The second kappa shape index (κ2) is 4.48. The first-order valence-corrected chi connectivity index (χ1v) is 4.36. The van der Waals surface area contributed by atoms with Crippen molar-refractivity contribution in [2.24, 2.45) is 5.73 Å². The van der Waals surface area contributed by atoms with Crippen molar-refractivity contribution < 1.29 is 8.78 Å². The van der Waals surface area contributed by atoms with Gasteiger partial charge in [0, 0.05) is 18.2 Å². The average Bonchev–Trinajstić information content (AvgIpc) is 2.01. The van der Waals surface area contributed by atoms with Crippen molar-refractivity contribution in [3.8, 4) is 0 Å². The minimum absolute atomic E-state index is 0.0406. The Labute approximate surface area is 82.3 Å². The second-order valence-electron chi connectivity index (χ2n) is 3.50. The van der Waals surface area contributed by atoms with E-state index in [2.05, 4.69) is 0 Å². The Bertz CT molecular complexity index is 293. The number of halogens is 2. The van der Waals surface area contributed by atoms with Crippen molar-refractivity contribution in [3.63, 3.8) is 0 Å². The van der Waals surface area contributed by atoms with E-state index in [4.69, 9.17) is 5.73 Å². The molecule has 0 radical (unpaired) electrons. The maximum atomic E-state index is 13.2. The molecular formula is C10H14F2N2. The molecule has 0 aliphatic heterocycles. The average molecular weight is 200 g/mol. The van der Waals surface area contributed by atoms with Crippen molar-refractivity contribution in [2.75, 3.05) is 20.6 Å². The van der Waals surface area contributed by atoms with Gasteiger partial charge in [-0.1, -0.05) is 6.07 Å². The van der Waals surface area contributed by atoms with E-state index in [-0.39, 0.29) is 5.56 Å². The second-order valence-corrected chi connectivity index (χ2v) is 3.50. The molecule has 0 saturated carbocycles. The number of hydrogen-bond donors (Lipinski definition) is 1. The molecule has 1 rings (SSSR count). The number of hydrogen-bond acceptors (Lipinski definition) is 2. The van der Waals surface area contributed by atoms with Crippen LogP contribution in [0, 0.1) is 11.6 Å². The summed E-state index contributed by atoms with van der Waals surface area (Å²) >= 11 is 0. The van der Waals surface area contributed by atoms with Gasteiger partial charge in [-0.05, 0) is 26.2 Å². The Balaban J connectivity index is 2.94. The van der Waals surface area contributed by atoms with Gasteiger partial charge in [0.1, 0.15) is 11.6 Å². The molecule has 4 heteroatoms. The lowest BCUT2D eigenvalue weighted by Gasteiger charge is -2.18. The summed E-state index contributed by atoms with van der Waals surface area (Å²) in [5.41, 5.74) is 5.64. The Kier molecular flexibility index (Phi) is 3.55. The molecular weight excluding hydrogens is 186 g/mol. The van der Waals surface area contributed by atoms with Crippen LogP contribution in [0.25, 0.3) is 0 Å². The highest BCUT2D eigenvalue weighted by atomic mass is 19.1. The van der Waals surface area contributed by atoms with E-state index in [1.54, 1.807) is 19.0 Å². The monoisotopic (exact) mass is 200 g/mol. The molecule has 0 amide bonds. The van der Waals surface area contributed by atoms with Gasteiger partial charge in [0.2, 0.25) is 0 Å². The summed E-state index contributed by atoms with van der Waals surface area (Å²) in [6.45, 7) is 0.415. The van der Waals surface area contributed by atoms with Crippen LogP contribution in [-0.2, 0) is 0 Å². The molecule has 0 aromatic heterocycles. The zero-order chi connectivity index (χ0) is 10.7. The largest absolute Gasteiger partial charge is 0.323 e. The molecule has 14 heavy (non-hydrogen) atoms. The maximum Gasteiger partial charge on any atom is 0.130 e. The van der Waals surface area contributed by atoms with E-state index >= 15 is 0 Å². The standard InChI is InChI=1S/C10H14F2N2/c1-14(2)6-9(13)10-7(11)4-3-5-8(10)12/h3-5,9H,6,13H2,1-2H3/t9-/m1/s1. The fourth-order valence-electron chi connectivity index (χ4n) is 1.35. The lowest BCUT2D eigenvalue weighted by atomic mass is 10.1. The van der Waals surface area contributed by atoms with Gasteiger partial charge in [-0.25, -0.2) is 8.78 Å².